The molecule has 0 aromatic heterocycles. The van der Waals surface area contributed by atoms with Crippen molar-refractivity contribution in [2.45, 2.75) is 47.4 Å². The highest BCUT2D eigenvalue weighted by Crippen LogP contribution is 2.35. The second-order valence-electron chi connectivity index (χ2n) is 6.51. The fraction of sp³-hybridized carbons (Fsp3) is 0.500. The number of sulfone groups is 1. The highest BCUT2D eigenvalue weighted by atomic mass is 35.5. The Kier molecular flexibility index (Phi) is 5.00. The van der Waals surface area contributed by atoms with E-state index in [2.05, 4.69) is 16.7 Å². The van der Waals surface area contributed by atoms with Crippen molar-refractivity contribution in [2.24, 2.45) is 0 Å². The number of nitriles is 1. The minimum Gasteiger partial charge on any atom is -0.338 e. The fourth-order valence-corrected chi connectivity index (χ4v) is 5.46. The van der Waals surface area contributed by atoms with Crippen LogP contribution in [0.15, 0.2) is 23.1 Å². The molecule has 2 unspecified atom stereocenters. The van der Waals surface area contributed by atoms with Crippen molar-refractivity contribution in [1.29, 1.82) is 5.26 Å². The van der Waals surface area contributed by atoms with Gasteiger partial charge in [0.25, 0.3) is 0 Å². The highest BCUT2D eigenvalue weighted by Gasteiger charge is 2.45. The zero-order chi connectivity index (χ0) is 18.2. The molecule has 1 aliphatic carbocycles. The largest absolute Gasteiger partial charge is 0.338 e. The zero-order valence-corrected chi connectivity index (χ0v) is 15.6. The van der Waals surface area contributed by atoms with Crippen molar-refractivity contribution in [3.05, 3.63) is 28.2 Å². The van der Waals surface area contributed by atoms with E-state index in [1.165, 1.54) is 12.1 Å². The van der Waals surface area contributed by atoms with Crippen molar-refractivity contribution in [2.75, 3.05) is 6.54 Å². The van der Waals surface area contributed by atoms with E-state index in [0.717, 1.165) is 0 Å². The summed E-state index contributed by atoms with van der Waals surface area (Å²) in [5.41, 5.74) is -0.713. The third-order valence-electron chi connectivity index (χ3n) is 4.62. The molecule has 2 N–H and O–H groups in total. The first-order valence-corrected chi connectivity index (χ1v) is 10.2. The van der Waals surface area contributed by atoms with E-state index in [9.17, 15) is 13.2 Å². The predicted molar refractivity (Wildman–Crippen MR) is 94.2 cm³/mol. The number of nitrogens with one attached hydrogen (secondary N) is 2. The molecule has 2 aliphatic rings. The normalized spacial score (nSPS) is 24.5. The van der Waals surface area contributed by atoms with Crippen LogP contribution in [0.3, 0.4) is 0 Å². The van der Waals surface area contributed by atoms with Gasteiger partial charge in [0.15, 0.2) is 9.84 Å². The lowest BCUT2D eigenvalue weighted by atomic mass is 10.1. The molecule has 6 nitrogen and oxygen atoms in total. The minimum absolute atomic E-state index is 0.0139. The standard InChI is InChI=1S/C16H17Cl2N3O3S/c17-12-2-1-3-13(15(12)18)25(23,24)11-6-10(20-8-11)7-14(22)21-16(9-19)4-5-16/h1-3,10-11,20H,4-8H2,(H,21,22). The molecular weight excluding hydrogens is 385 g/mol. The van der Waals surface area contributed by atoms with Crippen LogP contribution in [0.4, 0.5) is 0 Å². The van der Waals surface area contributed by atoms with Gasteiger partial charge in [0.05, 0.1) is 26.3 Å². The van der Waals surface area contributed by atoms with Crippen LogP contribution in [0, 0.1) is 11.3 Å². The van der Waals surface area contributed by atoms with Gasteiger partial charge in [-0.1, -0.05) is 29.3 Å². The molecule has 9 heteroatoms. The summed E-state index contributed by atoms with van der Waals surface area (Å²) in [6.45, 7) is 0.243. The smallest absolute Gasteiger partial charge is 0.222 e. The second kappa shape index (κ2) is 6.76. The Labute approximate surface area is 156 Å². The summed E-state index contributed by atoms with van der Waals surface area (Å²) in [5, 5.41) is 14.3. The molecule has 0 spiro atoms. The summed E-state index contributed by atoms with van der Waals surface area (Å²) < 4.78 is 25.6. The molecule has 1 aromatic rings. The number of amides is 1. The molecule has 1 heterocycles. The van der Waals surface area contributed by atoms with Gasteiger partial charge >= 0.3 is 0 Å². The van der Waals surface area contributed by atoms with Gasteiger partial charge in [-0.25, -0.2) is 8.42 Å². The van der Waals surface area contributed by atoms with Gasteiger partial charge in [0.2, 0.25) is 5.91 Å². The minimum atomic E-state index is -3.65. The first-order chi connectivity index (χ1) is 11.8. The quantitative estimate of drug-likeness (QED) is 0.786. The molecule has 1 aromatic carbocycles. The Balaban J connectivity index is 1.65. The SMILES string of the molecule is N#CC1(NC(=O)CC2CC(S(=O)(=O)c3cccc(Cl)c3Cl)CN2)CC1. The average Bonchev–Trinajstić information content (AvgIpc) is 3.16. The van der Waals surface area contributed by atoms with Gasteiger partial charge in [0.1, 0.15) is 5.54 Å². The summed E-state index contributed by atoms with van der Waals surface area (Å²) in [4.78, 5) is 12.1. The van der Waals surface area contributed by atoms with Crippen LogP contribution in [0.1, 0.15) is 25.7 Å². The number of nitrogens with zero attached hydrogens (tertiary/aromatic N) is 1. The summed E-state index contributed by atoms with van der Waals surface area (Å²) in [7, 11) is -3.65. The van der Waals surface area contributed by atoms with Crippen molar-refractivity contribution in [3.8, 4) is 6.07 Å². The molecule has 1 amide bonds. The summed E-state index contributed by atoms with van der Waals surface area (Å²) in [6, 6.07) is 6.36. The molecule has 1 saturated carbocycles. The fourth-order valence-electron chi connectivity index (χ4n) is 2.99. The third-order valence-corrected chi connectivity index (χ3v) is 7.74. The molecule has 134 valence electrons. The van der Waals surface area contributed by atoms with Gasteiger partial charge in [0, 0.05) is 19.0 Å². The van der Waals surface area contributed by atoms with Gasteiger partial charge in [-0.3, -0.25) is 4.79 Å². The Morgan fingerprint density at radius 1 is 1.40 bits per heavy atom. The van der Waals surface area contributed by atoms with Crippen molar-refractivity contribution < 1.29 is 13.2 Å². The number of halogens is 2. The van der Waals surface area contributed by atoms with Gasteiger partial charge in [-0.05, 0) is 31.4 Å². The van der Waals surface area contributed by atoms with E-state index in [0.29, 0.717) is 19.3 Å². The zero-order valence-electron chi connectivity index (χ0n) is 13.3. The predicted octanol–water partition coefficient (Wildman–Crippen LogP) is 2.06. The van der Waals surface area contributed by atoms with Gasteiger partial charge in [-0.15, -0.1) is 0 Å². The lowest BCUT2D eigenvalue weighted by Crippen LogP contribution is -2.39. The van der Waals surface area contributed by atoms with Crippen LogP contribution in [0.5, 0.6) is 0 Å². The number of carbonyl (C=O) groups is 1. The van der Waals surface area contributed by atoms with E-state index in [-0.39, 0.29) is 39.9 Å². The van der Waals surface area contributed by atoms with E-state index < -0.39 is 20.6 Å². The van der Waals surface area contributed by atoms with E-state index in [1.807, 2.05) is 0 Å². The van der Waals surface area contributed by atoms with E-state index >= 15 is 0 Å². The average molecular weight is 402 g/mol. The van der Waals surface area contributed by atoms with Crippen LogP contribution in [-0.2, 0) is 14.6 Å². The van der Waals surface area contributed by atoms with Crippen molar-refractivity contribution >= 4 is 38.9 Å². The lowest BCUT2D eigenvalue weighted by Gasteiger charge is -2.14. The summed E-state index contributed by atoms with van der Waals surface area (Å²) in [5.74, 6) is -0.240. The maximum Gasteiger partial charge on any atom is 0.222 e. The van der Waals surface area contributed by atoms with Crippen LogP contribution in [0.25, 0.3) is 0 Å². The summed E-state index contributed by atoms with van der Waals surface area (Å²) in [6.07, 6.45) is 1.77. The van der Waals surface area contributed by atoms with E-state index in [1.54, 1.807) is 6.07 Å². The molecule has 2 fully saturated rings. The van der Waals surface area contributed by atoms with Crippen LogP contribution in [-0.4, -0.2) is 37.7 Å². The van der Waals surface area contributed by atoms with Crippen LogP contribution >= 0.6 is 23.2 Å². The number of benzene rings is 1. The van der Waals surface area contributed by atoms with Gasteiger partial charge < -0.3 is 10.6 Å². The lowest BCUT2D eigenvalue weighted by molar-refractivity contribution is -0.122. The topological polar surface area (TPSA) is 99.1 Å². The molecule has 1 saturated heterocycles. The molecular formula is C16H17Cl2N3O3S. The molecule has 2 atom stereocenters. The molecule has 0 bridgehead atoms. The Bertz CT molecular complexity index is 847. The second-order valence-corrected chi connectivity index (χ2v) is 9.49. The Hall–Kier alpha value is -1.33. The third kappa shape index (κ3) is 3.77. The first kappa shape index (κ1) is 18.5. The van der Waals surface area contributed by atoms with E-state index in [4.69, 9.17) is 28.5 Å². The molecule has 0 radical (unpaired) electrons. The number of hydrogen-bond acceptors (Lipinski definition) is 5. The maximum absolute atomic E-state index is 12.8. The number of carbonyl (C=O) groups excluding carboxylic acids is 1. The van der Waals surface area contributed by atoms with Crippen molar-refractivity contribution in [3.63, 3.8) is 0 Å². The maximum atomic E-state index is 12.8. The van der Waals surface area contributed by atoms with Crippen LogP contribution in [0.2, 0.25) is 10.0 Å². The Morgan fingerprint density at radius 3 is 2.76 bits per heavy atom. The highest BCUT2D eigenvalue weighted by molar-refractivity contribution is 7.92. The van der Waals surface area contributed by atoms with Gasteiger partial charge in [-0.2, -0.15) is 5.26 Å². The van der Waals surface area contributed by atoms with Crippen molar-refractivity contribution in [1.82, 2.24) is 10.6 Å². The molecule has 3 rings (SSSR count). The molecule has 25 heavy (non-hydrogen) atoms. The summed E-state index contributed by atoms with van der Waals surface area (Å²) >= 11 is 12.0. The Morgan fingerprint density at radius 2 is 2.12 bits per heavy atom. The molecule has 1 aliphatic heterocycles. The number of hydrogen-bond donors (Lipinski definition) is 2. The van der Waals surface area contributed by atoms with Crippen LogP contribution < -0.4 is 10.6 Å². The first-order valence-electron chi connectivity index (χ1n) is 7.91. The monoisotopic (exact) mass is 401 g/mol. The number of rotatable bonds is 5.